The maximum Gasteiger partial charge on any atom is 0.276 e. The summed E-state index contributed by atoms with van der Waals surface area (Å²) in [4.78, 5) is 19.3. The Bertz CT molecular complexity index is 989. The lowest BCUT2D eigenvalue weighted by atomic mass is 9.67. The lowest BCUT2D eigenvalue weighted by Crippen LogP contribution is -2.59. The summed E-state index contributed by atoms with van der Waals surface area (Å²) in [5.41, 5.74) is 1.78. The Morgan fingerprint density at radius 1 is 1.25 bits per heavy atom. The minimum Gasteiger partial charge on any atom is -0.340 e. The quantitative estimate of drug-likeness (QED) is 0.693. The van der Waals surface area contributed by atoms with Gasteiger partial charge in [-0.05, 0) is 18.4 Å². The van der Waals surface area contributed by atoms with Crippen LogP contribution in [0.2, 0.25) is 0 Å². The van der Waals surface area contributed by atoms with Gasteiger partial charge in [0.05, 0.1) is 12.2 Å². The molecule has 1 amide bonds. The van der Waals surface area contributed by atoms with Crippen LogP contribution < -0.4 is 0 Å². The normalized spacial score (nSPS) is 20.5. The predicted molar refractivity (Wildman–Crippen MR) is 99.3 cm³/mol. The van der Waals surface area contributed by atoms with E-state index in [0.717, 1.165) is 6.54 Å². The van der Waals surface area contributed by atoms with Crippen LogP contribution in [0, 0.1) is 12.3 Å². The summed E-state index contributed by atoms with van der Waals surface area (Å²) in [6, 6.07) is 10.5. The molecule has 1 spiro atoms. The number of aryl methyl sites for hydroxylation is 1. The molecule has 1 atom stereocenters. The fraction of sp³-hybridized carbons (Fsp3) is 0.450. The van der Waals surface area contributed by atoms with Crippen molar-refractivity contribution in [3.8, 4) is 0 Å². The Kier molecular flexibility index (Phi) is 3.99. The molecule has 8 heteroatoms. The van der Waals surface area contributed by atoms with Crippen LogP contribution >= 0.6 is 0 Å². The lowest BCUT2D eigenvalue weighted by Gasteiger charge is -2.56. The molecule has 144 valence electrons. The summed E-state index contributed by atoms with van der Waals surface area (Å²) in [6.07, 6.45) is 6.51. The summed E-state index contributed by atoms with van der Waals surface area (Å²) >= 11 is 0. The summed E-state index contributed by atoms with van der Waals surface area (Å²) in [5, 5.41) is 12.0. The molecule has 1 saturated carbocycles. The lowest BCUT2D eigenvalue weighted by molar-refractivity contribution is -0.0514. The highest BCUT2D eigenvalue weighted by molar-refractivity contribution is 5.93. The fourth-order valence-electron chi connectivity index (χ4n) is 4.77. The number of rotatable bonds is 4. The first-order valence-corrected chi connectivity index (χ1v) is 9.70. The zero-order valence-corrected chi connectivity index (χ0v) is 15.8. The van der Waals surface area contributed by atoms with Gasteiger partial charge in [0.25, 0.3) is 5.91 Å². The molecule has 0 radical (unpaired) electrons. The highest BCUT2D eigenvalue weighted by Crippen LogP contribution is 2.58. The summed E-state index contributed by atoms with van der Waals surface area (Å²) < 4.78 is 6.54. The van der Waals surface area contributed by atoms with Crippen molar-refractivity contribution in [1.29, 1.82) is 0 Å². The van der Waals surface area contributed by atoms with Crippen LogP contribution in [0.4, 0.5) is 0 Å². The van der Waals surface area contributed by atoms with Gasteiger partial charge in [-0.15, -0.1) is 5.10 Å². The van der Waals surface area contributed by atoms with Crippen molar-refractivity contribution in [3.05, 3.63) is 59.5 Å². The number of carbonyl (C=O) groups excluding carboxylic acids is 1. The zero-order chi connectivity index (χ0) is 19.1. The number of hydrogen-bond donors (Lipinski definition) is 0. The second kappa shape index (κ2) is 6.54. The molecule has 1 saturated heterocycles. The molecule has 1 aromatic carbocycles. The molecule has 2 aromatic heterocycles. The van der Waals surface area contributed by atoms with Crippen LogP contribution in [-0.2, 0) is 6.54 Å². The highest BCUT2D eigenvalue weighted by atomic mass is 16.5. The summed E-state index contributed by atoms with van der Waals surface area (Å²) in [5.74, 6) is 0.943. The Morgan fingerprint density at radius 3 is 2.75 bits per heavy atom. The van der Waals surface area contributed by atoms with E-state index in [1.165, 1.54) is 31.2 Å². The van der Waals surface area contributed by atoms with Crippen LogP contribution in [0.3, 0.4) is 0 Å². The van der Waals surface area contributed by atoms with Crippen molar-refractivity contribution >= 4 is 5.91 Å². The van der Waals surface area contributed by atoms with Gasteiger partial charge in [0, 0.05) is 18.9 Å². The first-order valence-electron chi connectivity index (χ1n) is 9.70. The molecule has 2 aliphatic rings. The molecule has 5 rings (SSSR count). The van der Waals surface area contributed by atoms with Gasteiger partial charge in [-0.25, -0.2) is 4.68 Å². The molecule has 1 aliphatic carbocycles. The van der Waals surface area contributed by atoms with Gasteiger partial charge >= 0.3 is 0 Å². The first kappa shape index (κ1) is 17.1. The number of carbonyl (C=O) groups is 1. The van der Waals surface area contributed by atoms with E-state index in [9.17, 15) is 4.79 Å². The summed E-state index contributed by atoms with van der Waals surface area (Å²) in [6.45, 7) is 2.85. The average Bonchev–Trinajstić information content (AvgIpc) is 3.43. The SMILES string of the molecule is Cc1nc(Cn2cc(C(=O)N3CC4(CCCC4)[C@@H]3c3ccccc3)nn2)no1. The third-order valence-corrected chi connectivity index (χ3v) is 5.98. The van der Waals surface area contributed by atoms with Gasteiger partial charge in [-0.2, -0.15) is 4.98 Å². The standard InChI is InChI=1S/C20H22N6O2/c1-14-21-17(23-28-14)12-25-11-16(22-24-25)19(27)26-13-20(9-5-6-10-20)18(26)15-7-3-2-4-8-15/h2-4,7-8,11,18H,5-6,9-10,12-13H2,1H3/t18-/m0/s1. The van der Waals surface area contributed by atoms with Crippen molar-refractivity contribution in [3.63, 3.8) is 0 Å². The molecule has 1 aliphatic heterocycles. The van der Waals surface area contributed by atoms with E-state index in [1.54, 1.807) is 17.8 Å². The minimum atomic E-state index is -0.0677. The van der Waals surface area contributed by atoms with E-state index < -0.39 is 0 Å². The largest absolute Gasteiger partial charge is 0.340 e. The maximum absolute atomic E-state index is 13.2. The van der Waals surface area contributed by atoms with Gasteiger partial charge in [0.15, 0.2) is 11.5 Å². The van der Waals surface area contributed by atoms with Crippen LogP contribution in [-0.4, -0.2) is 42.5 Å². The minimum absolute atomic E-state index is 0.0677. The smallest absolute Gasteiger partial charge is 0.276 e. The summed E-state index contributed by atoms with van der Waals surface area (Å²) in [7, 11) is 0. The Labute approximate surface area is 162 Å². The third-order valence-electron chi connectivity index (χ3n) is 5.98. The monoisotopic (exact) mass is 378 g/mol. The Morgan fingerprint density at radius 2 is 2.04 bits per heavy atom. The van der Waals surface area contributed by atoms with Gasteiger partial charge in [0.1, 0.15) is 6.54 Å². The van der Waals surface area contributed by atoms with E-state index in [2.05, 4.69) is 32.6 Å². The molecule has 0 unspecified atom stereocenters. The third kappa shape index (κ3) is 2.80. The van der Waals surface area contributed by atoms with Crippen molar-refractivity contribution in [2.24, 2.45) is 5.41 Å². The van der Waals surface area contributed by atoms with Gasteiger partial charge in [-0.1, -0.05) is 53.5 Å². The van der Waals surface area contributed by atoms with Crippen LogP contribution in [0.5, 0.6) is 0 Å². The van der Waals surface area contributed by atoms with Crippen LogP contribution in [0.25, 0.3) is 0 Å². The molecule has 28 heavy (non-hydrogen) atoms. The number of benzene rings is 1. The van der Waals surface area contributed by atoms with E-state index >= 15 is 0 Å². The molecular formula is C20H22N6O2. The molecule has 8 nitrogen and oxygen atoms in total. The number of likely N-dealkylation sites (tertiary alicyclic amines) is 1. The molecule has 0 bridgehead atoms. The number of hydrogen-bond acceptors (Lipinski definition) is 6. The zero-order valence-electron chi connectivity index (χ0n) is 15.8. The Balaban J connectivity index is 1.37. The predicted octanol–water partition coefficient (Wildman–Crippen LogP) is 2.78. The van der Waals surface area contributed by atoms with Crippen molar-refractivity contribution in [2.75, 3.05) is 6.54 Å². The number of nitrogens with zero attached hydrogens (tertiary/aromatic N) is 6. The van der Waals surface area contributed by atoms with E-state index in [1.807, 2.05) is 23.1 Å². The van der Waals surface area contributed by atoms with Crippen molar-refractivity contribution in [1.82, 2.24) is 30.0 Å². The molecule has 3 aromatic rings. The number of amides is 1. The highest BCUT2D eigenvalue weighted by Gasteiger charge is 2.56. The topological polar surface area (TPSA) is 89.9 Å². The molecule has 0 N–H and O–H groups in total. The van der Waals surface area contributed by atoms with Crippen LogP contribution in [0.15, 0.2) is 41.1 Å². The van der Waals surface area contributed by atoms with Crippen LogP contribution in [0.1, 0.15) is 59.5 Å². The molecular weight excluding hydrogens is 356 g/mol. The van der Waals surface area contributed by atoms with Crippen molar-refractivity contribution in [2.45, 2.75) is 45.2 Å². The fourth-order valence-corrected chi connectivity index (χ4v) is 4.77. The number of aromatic nitrogens is 5. The first-order chi connectivity index (χ1) is 13.6. The second-order valence-corrected chi connectivity index (χ2v) is 7.85. The van der Waals surface area contributed by atoms with E-state index in [0.29, 0.717) is 24.0 Å². The van der Waals surface area contributed by atoms with Gasteiger partial charge in [-0.3, -0.25) is 4.79 Å². The van der Waals surface area contributed by atoms with Crippen molar-refractivity contribution < 1.29 is 9.32 Å². The average molecular weight is 378 g/mol. The van der Waals surface area contributed by atoms with E-state index in [4.69, 9.17) is 4.52 Å². The maximum atomic E-state index is 13.2. The van der Waals surface area contributed by atoms with Gasteiger partial charge < -0.3 is 9.42 Å². The molecule has 2 fully saturated rings. The Hall–Kier alpha value is -3.03. The second-order valence-electron chi connectivity index (χ2n) is 7.85. The molecule has 3 heterocycles. The van der Waals surface area contributed by atoms with E-state index in [-0.39, 0.29) is 17.4 Å². The van der Waals surface area contributed by atoms with Gasteiger partial charge in [0.2, 0.25) is 5.89 Å².